The van der Waals surface area contributed by atoms with Crippen LogP contribution in [-0.4, -0.2) is 30.5 Å². The molecule has 1 aromatic carbocycles. The van der Waals surface area contributed by atoms with Crippen molar-refractivity contribution >= 4 is 11.6 Å². The highest BCUT2D eigenvalue weighted by atomic mass is 16.5. The number of nitrogens with zero attached hydrogens (tertiary/aromatic N) is 1. The van der Waals surface area contributed by atoms with E-state index < -0.39 is 0 Å². The van der Waals surface area contributed by atoms with E-state index in [1.54, 1.807) is 25.3 Å². The molecule has 1 saturated carbocycles. The summed E-state index contributed by atoms with van der Waals surface area (Å²) >= 11 is 0. The Balaban J connectivity index is 1.88. The van der Waals surface area contributed by atoms with E-state index in [-0.39, 0.29) is 5.91 Å². The summed E-state index contributed by atoms with van der Waals surface area (Å²) in [7, 11) is 1.60. The Hall–Kier alpha value is -1.71. The van der Waals surface area contributed by atoms with E-state index in [1.165, 1.54) is 25.7 Å². The van der Waals surface area contributed by atoms with Crippen molar-refractivity contribution < 1.29 is 9.53 Å². The van der Waals surface area contributed by atoms with Crippen LogP contribution in [0.25, 0.3) is 0 Å². The maximum absolute atomic E-state index is 13.0. The van der Waals surface area contributed by atoms with Crippen LogP contribution < -0.4 is 10.5 Å². The highest BCUT2D eigenvalue weighted by Crippen LogP contribution is 2.36. The number of methoxy groups -OCH3 is 1. The number of piperidine rings is 1. The predicted octanol–water partition coefficient (Wildman–Crippen LogP) is 3.07. The van der Waals surface area contributed by atoms with Gasteiger partial charge in [-0.15, -0.1) is 0 Å². The molecule has 4 nitrogen and oxygen atoms in total. The molecule has 2 atom stereocenters. The van der Waals surface area contributed by atoms with Crippen molar-refractivity contribution in [3.63, 3.8) is 0 Å². The zero-order valence-electron chi connectivity index (χ0n) is 12.7. The van der Waals surface area contributed by atoms with E-state index >= 15 is 0 Å². The first-order valence-electron chi connectivity index (χ1n) is 7.95. The van der Waals surface area contributed by atoms with E-state index in [9.17, 15) is 4.79 Å². The zero-order valence-corrected chi connectivity index (χ0v) is 12.7. The standard InChI is InChI=1S/C17H24N2O2/c1-21-16-9-8-13(18)11-14(16)17(20)19-10-4-6-12-5-2-3-7-15(12)19/h8-9,11-12,15H,2-7,10,18H2,1H3. The van der Waals surface area contributed by atoms with Crippen molar-refractivity contribution in [3.8, 4) is 5.75 Å². The molecule has 2 fully saturated rings. The number of ether oxygens (including phenoxy) is 1. The summed E-state index contributed by atoms with van der Waals surface area (Å²) in [4.78, 5) is 15.1. The van der Waals surface area contributed by atoms with E-state index in [0.29, 0.717) is 29.0 Å². The van der Waals surface area contributed by atoms with Crippen LogP contribution in [-0.2, 0) is 0 Å². The quantitative estimate of drug-likeness (QED) is 0.851. The van der Waals surface area contributed by atoms with Gasteiger partial charge >= 0.3 is 0 Å². The lowest BCUT2D eigenvalue weighted by molar-refractivity contribution is 0.0388. The van der Waals surface area contributed by atoms with E-state index in [1.807, 2.05) is 0 Å². The van der Waals surface area contributed by atoms with Crippen molar-refractivity contribution in [2.45, 2.75) is 44.6 Å². The Labute approximate surface area is 126 Å². The van der Waals surface area contributed by atoms with E-state index in [2.05, 4.69) is 4.90 Å². The first kappa shape index (κ1) is 14.2. The summed E-state index contributed by atoms with van der Waals surface area (Å²) in [5.74, 6) is 1.38. The average molecular weight is 288 g/mol. The number of amides is 1. The van der Waals surface area contributed by atoms with Crippen LogP contribution >= 0.6 is 0 Å². The van der Waals surface area contributed by atoms with Gasteiger partial charge in [-0.2, -0.15) is 0 Å². The lowest BCUT2D eigenvalue weighted by Gasteiger charge is -2.44. The lowest BCUT2D eigenvalue weighted by atomic mass is 9.78. The number of carbonyl (C=O) groups is 1. The van der Waals surface area contributed by atoms with E-state index in [4.69, 9.17) is 10.5 Å². The zero-order chi connectivity index (χ0) is 14.8. The molecule has 4 heteroatoms. The van der Waals surface area contributed by atoms with Crippen LogP contribution in [0.5, 0.6) is 5.75 Å². The molecule has 21 heavy (non-hydrogen) atoms. The third kappa shape index (κ3) is 2.71. The molecule has 0 aromatic heterocycles. The van der Waals surface area contributed by atoms with Gasteiger partial charge in [0.25, 0.3) is 5.91 Å². The molecule has 3 rings (SSSR count). The number of nitrogens with two attached hydrogens (primary N) is 1. The predicted molar refractivity (Wildman–Crippen MR) is 83.4 cm³/mol. The molecule has 0 radical (unpaired) electrons. The highest BCUT2D eigenvalue weighted by Gasteiger charge is 2.36. The Bertz CT molecular complexity index is 528. The van der Waals surface area contributed by atoms with Gasteiger partial charge in [-0.3, -0.25) is 4.79 Å². The molecule has 2 unspecified atom stereocenters. The van der Waals surface area contributed by atoms with Crippen LogP contribution in [0.3, 0.4) is 0 Å². The number of nitrogen functional groups attached to an aromatic ring is 1. The number of hydrogen-bond donors (Lipinski definition) is 1. The summed E-state index contributed by atoms with van der Waals surface area (Å²) in [5, 5.41) is 0. The molecular formula is C17H24N2O2. The molecule has 114 valence electrons. The topological polar surface area (TPSA) is 55.6 Å². The normalized spacial score (nSPS) is 25.3. The van der Waals surface area contributed by atoms with Gasteiger partial charge in [0.15, 0.2) is 0 Å². The maximum atomic E-state index is 13.0. The summed E-state index contributed by atoms with van der Waals surface area (Å²) in [5.41, 5.74) is 7.06. The maximum Gasteiger partial charge on any atom is 0.257 e. The largest absolute Gasteiger partial charge is 0.496 e. The van der Waals surface area contributed by atoms with Crippen molar-refractivity contribution in [2.24, 2.45) is 5.92 Å². The van der Waals surface area contributed by atoms with Gasteiger partial charge in [-0.25, -0.2) is 0 Å². The summed E-state index contributed by atoms with van der Waals surface area (Å²) in [6, 6.07) is 5.71. The van der Waals surface area contributed by atoms with Crippen molar-refractivity contribution in [2.75, 3.05) is 19.4 Å². The smallest absolute Gasteiger partial charge is 0.257 e. The van der Waals surface area contributed by atoms with Crippen LogP contribution in [0.15, 0.2) is 18.2 Å². The van der Waals surface area contributed by atoms with Crippen LogP contribution in [0.4, 0.5) is 5.69 Å². The summed E-state index contributed by atoms with van der Waals surface area (Å²) < 4.78 is 5.35. The number of benzene rings is 1. The van der Waals surface area contributed by atoms with Crippen molar-refractivity contribution in [3.05, 3.63) is 23.8 Å². The second-order valence-electron chi connectivity index (χ2n) is 6.21. The van der Waals surface area contributed by atoms with Gasteiger partial charge in [0, 0.05) is 18.3 Å². The summed E-state index contributed by atoms with van der Waals surface area (Å²) in [6.45, 7) is 0.859. The molecule has 0 spiro atoms. The van der Waals surface area contributed by atoms with Crippen molar-refractivity contribution in [1.29, 1.82) is 0 Å². The molecule has 1 amide bonds. The van der Waals surface area contributed by atoms with Gasteiger partial charge in [0.05, 0.1) is 12.7 Å². The molecule has 0 bridgehead atoms. The van der Waals surface area contributed by atoms with Gasteiger partial charge in [-0.1, -0.05) is 12.8 Å². The molecule has 1 saturated heterocycles. The van der Waals surface area contributed by atoms with Crippen LogP contribution in [0.1, 0.15) is 48.9 Å². The summed E-state index contributed by atoms with van der Waals surface area (Å²) in [6.07, 6.45) is 7.33. The van der Waals surface area contributed by atoms with Gasteiger partial charge in [-0.05, 0) is 49.8 Å². The first-order valence-corrected chi connectivity index (χ1v) is 7.95. The number of fused-ring (bicyclic) bond motifs is 1. The molecule has 1 aromatic rings. The van der Waals surface area contributed by atoms with Crippen LogP contribution in [0, 0.1) is 5.92 Å². The average Bonchev–Trinajstić information content (AvgIpc) is 2.53. The second-order valence-corrected chi connectivity index (χ2v) is 6.21. The fourth-order valence-electron chi connectivity index (χ4n) is 3.92. The third-order valence-corrected chi connectivity index (χ3v) is 4.96. The molecule has 1 aliphatic carbocycles. The minimum Gasteiger partial charge on any atom is -0.496 e. The van der Waals surface area contributed by atoms with Gasteiger partial charge < -0.3 is 15.4 Å². The Kier molecular flexibility index (Phi) is 4.04. The number of carbonyl (C=O) groups excluding carboxylic acids is 1. The number of likely N-dealkylation sites (tertiary alicyclic amines) is 1. The minimum absolute atomic E-state index is 0.0794. The Morgan fingerprint density at radius 3 is 2.81 bits per heavy atom. The SMILES string of the molecule is COc1ccc(N)cc1C(=O)N1CCCC2CCCCC21. The monoisotopic (exact) mass is 288 g/mol. The van der Waals surface area contributed by atoms with Crippen molar-refractivity contribution in [1.82, 2.24) is 4.90 Å². The molecule has 1 aliphatic heterocycles. The van der Waals surface area contributed by atoms with E-state index in [0.717, 1.165) is 19.4 Å². The third-order valence-electron chi connectivity index (χ3n) is 4.96. The fourth-order valence-corrected chi connectivity index (χ4v) is 3.92. The number of hydrogen-bond acceptors (Lipinski definition) is 3. The Morgan fingerprint density at radius 1 is 1.24 bits per heavy atom. The lowest BCUT2D eigenvalue weighted by Crippen LogP contribution is -2.49. The minimum atomic E-state index is 0.0794. The van der Waals surface area contributed by atoms with Gasteiger partial charge in [0.2, 0.25) is 0 Å². The highest BCUT2D eigenvalue weighted by molar-refractivity contribution is 5.98. The van der Waals surface area contributed by atoms with Crippen LogP contribution in [0.2, 0.25) is 0 Å². The number of anilines is 1. The molecule has 1 heterocycles. The molecule has 2 aliphatic rings. The number of rotatable bonds is 2. The first-order chi connectivity index (χ1) is 10.2. The second kappa shape index (κ2) is 5.96. The Morgan fingerprint density at radius 2 is 2.00 bits per heavy atom. The molecular weight excluding hydrogens is 264 g/mol. The van der Waals surface area contributed by atoms with Gasteiger partial charge in [0.1, 0.15) is 5.75 Å². The molecule has 2 N–H and O–H groups in total. The fraction of sp³-hybridized carbons (Fsp3) is 0.588.